The van der Waals surface area contributed by atoms with E-state index in [1.165, 1.54) is 0 Å². The number of nitrogens with one attached hydrogen (secondary N) is 1. The van der Waals surface area contributed by atoms with Gasteiger partial charge in [-0.25, -0.2) is 0 Å². The van der Waals surface area contributed by atoms with Crippen molar-refractivity contribution in [2.75, 3.05) is 18.5 Å². The Morgan fingerprint density at radius 2 is 1.96 bits per heavy atom. The number of ether oxygens (including phenoxy) is 2. The van der Waals surface area contributed by atoms with Gasteiger partial charge >= 0.3 is 0 Å². The first-order chi connectivity index (χ1) is 11.6. The molecule has 2 aliphatic rings. The molecule has 1 heterocycles. The van der Waals surface area contributed by atoms with Crippen LogP contribution in [0.25, 0.3) is 0 Å². The molecule has 4 nitrogen and oxygen atoms in total. The van der Waals surface area contributed by atoms with Crippen molar-refractivity contribution in [3.63, 3.8) is 0 Å². The van der Waals surface area contributed by atoms with Gasteiger partial charge in [-0.05, 0) is 54.7 Å². The number of hydrogen-bond donors (Lipinski definition) is 1. The maximum absolute atomic E-state index is 12.5. The fourth-order valence-corrected chi connectivity index (χ4v) is 3.29. The number of hydrogen-bond acceptors (Lipinski definition) is 3. The maximum Gasteiger partial charge on any atom is 0.228 e. The Morgan fingerprint density at radius 3 is 2.79 bits per heavy atom. The zero-order chi connectivity index (χ0) is 16.7. The minimum Gasteiger partial charge on any atom is -0.486 e. The summed E-state index contributed by atoms with van der Waals surface area (Å²) < 4.78 is 11.2. The van der Waals surface area contributed by atoms with Crippen LogP contribution in [0.2, 0.25) is 5.02 Å². The number of fused-ring (bicyclic) bond motifs is 1. The van der Waals surface area contributed by atoms with Gasteiger partial charge in [-0.1, -0.05) is 23.7 Å². The molecule has 4 rings (SSSR count). The van der Waals surface area contributed by atoms with Crippen LogP contribution in [0.5, 0.6) is 11.5 Å². The first kappa shape index (κ1) is 15.3. The summed E-state index contributed by atoms with van der Waals surface area (Å²) in [6, 6.07) is 11.5. The second-order valence-electron chi connectivity index (χ2n) is 6.25. The summed E-state index contributed by atoms with van der Waals surface area (Å²) in [5.41, 5.74) is 2.80. The SMILES string of the molecule is Cc1c(Cl)cccc1NC(=O)[C@@H]1C[C@H]1c1ccc2c(c1)OCCO2. The molecule has 124 valence electrons. The van der Waals surface area contributed by atoms with Crippen molar-refractivity contribution in [3.05, 3.63) is 52.5 Å². The lowest BCUT2D eigenvalue weighted by Crippen LogP contribution is -2.16. The summed E-state index contributed by atoms with van der Waals surface area (Å²) >= 11 is 6.11. The van der Waals surface area contributed by atoms with Crippen LogP contribution >= 0.6 is 11.6 Å². The van der Waals surface area contributed by atoms with Gasteiger partial charge in [0.1, 0.15) is 13.2 Å². The summed E-state index contributed by atoms with van der Waals surface area (Å²) in [5.74, 6) is 1.82. The minimum absolute atomic E-state index is 0.00839. The Morgan fingerprint density at radius 1 is 1.17 bits per heavy atom. The summed E-state index contributed by atoms with van der Waals surface area (Å²) in [6.07, 6.45) is 0.852. The Kier molecular flexibility index (Phi) is 3.85. The van der Waals surface area contributed by atoms with E-state index in [1.54, 1.807) is 0 Å². The van der Waals surface area contributed by atoms with Gasteiger partial charge < -0.3 is 14.8 Å². The Balaban J connectivity index is 1.46. The highest BCUT2D eigenvalue weighted by molar-refractivity contribution is 6.31. The highest BCUT2D eigenvalue weighted by atomic mass is 35.5. The average molecular weight is 344 g/mol. The fraction of sp³-hybridized carbons (Fsp3) is 0.316. The molecule has 0 aromatic heterocycles. The minimum atomic E-state index is -0.00839. The molecule has 0 spiro atoms. The number of halogens is 1. The predicted octanol–water partition coefficient (Wildman–Crippen LogP) is 4.16. The number of carbonyl (C=O) groups excluding carboxylic acids is 1. The summed E-state index contributed by atoms with van der Waals surface area (Å²) in [6.45, 7) is 3.06. The van der Waals surface area contributed by atoms with Crippen LogP contribution in [-0.2, 0) is 4.79 Å². The number of anilines is 1. The van der Waals surface area contributed by atoms with E-state index >= 15 is 0 Å². The first-order valence-electron chi connectivity index (χ1n) is 8.09. The van der Waals surface area contributed by atoms with Crippen LogP contribution in [0, 0.1) is 12.8 Å². The predicted molar refractivity (Wildman–Crippen MR) is 93.1 cm³/mol. The third kappa shape index (κ3) is 2.82. The second-order valence-corrected chi connectivity index (χ2v) is 6.66. The third-order valence-electron chi connectivity index (χ3n) is 4.65. The number of rotatable bonds is 3. The lowest BCUT2D eigenvalue weighted by molar-refractivity contribution is -0.117. The normalized spacial score (nSPS) is 21.2. The van der Waals surface area contributed by atoms with E-state index in [1.807, 2.05) is 43.3 Å². The molecular weight excluding hydrogens is 326 g/mol. The topological polar surface area (TPSA) is 47.6 Å². The first-order valence-corrected chi connectivity index (χ1v) is 8.47. The molecule has 1 aliphatic carbocycles. The summed E-state index contributed by atoms with van der Waals surface area (Å²) in [7, 11) is 0. The second kappa shape index (κ2) is 6.02. The zero-order valence-electron chi connectivity index (χ0n) is 13.3. The third-order valence-corrected chi connectivity index (χ3v) is 5.06. The van der Waals surface area contributed by atoms with Crippen molar-refractivity contribution in [1.29, 1.82) is 0 Å². The van der Waals surface area contributed by atoms with Crippen LogP contribution in [-0.4, -0.2) is 19.1 Å². The van der Waals surface area contributed by atoms with Crippen molar-refractivity contribution >= 4 is 23.2 Å². The van der Waals surface area contributed by atoms with Crippen molar-refractivity contribution in [1.82, 2.24) is 0 Å². The largest absolute Gasteiger partial charge is 0.486 e. The Labute approximate surface area is 145 Å². The molecule has 24 heavy (non-hydrogen) atoms. The van der Waals surface area contributed by atoms with Crippen LogP contribution in [0.15, 0.2) is 36.4 Å². The lowest BCUT2D eigenvalue weighted by atomic mass is 10.1. The molecule has 0 bridgehead atoms. The monoisotopic (exact) mass is 343 g/mol. The Hall–Kier alpha value is -2.20. The van der Waals surface area contributed by atoms with Crippen molar-refractivity contribution < 1.29 is 14.3 Å². The highest BCUT2D eigenvalue weighted by Crippen LogP contribution is 2.49. The van der Waals surface area contributed by atoms with Gasteiger partial charge in [0.15, 0.2) is 11.5 Å². The van der Waals surface area contributed by atoms with Gasteiger partial charge in [0.25, 0.3) is 0 Å². The van der Waals surface area contributed by atoms with Crippen LogP contribution < -0.4 is 14.8 Å². The smallest absolute Gasteiger partial charge is 0.228 e. The molecule has 2 aromatic rings. The number of benzene rings is 2. The highest BCUT2D eigenvalue weighted by Gasteiger charge is 2.44. The molecule has 1 saturated carbocycles. The van der Waals surface area contributed by atoms with E-state index in [2.05, 4.69) is 5.32 Å². The number of amides is 1. The molecular formula is C19H18ClNO3. The van der Waals surface area contributed by atoms with Crippen molar-refractivity contribution in [2.24, 2.45) is 5.92 Å². The molecule has 1 N–H and O–H groups in total. The quantitative estimate of drug-likeness (QED) is 0.910. The lowest BCUT2D eigenvalue weighted by Gasteiger charge is -2.18. The molecule has 5 heteroatoms. The van der Waals surface area contributed by atoms with E-state index in [-0.39, 0.29) is 17.7 Å². The standard InChI is InChI=1S/C19H18ClNO3/c1-11-15(20)3-2-4-16(11)21-19(22)14-10-13(14)12-5-6-17-18(9-12)24-8-7-23-17/h2-6,9,13-14H,7-8,10H2,1H3,(H,21,22)/t13-,14+/m0/s1. The van der Waals surface area contributed by atoms with Crippen LogP contribution in [0.1, 0.15) is 23.5 Å². The molecule has 2 aromatic carbocycles. The molecule has 2 atom stereocenters. The zero-order valence-corrected chi connectivity index (χ0v) is 14.1. The van der Waals surface area contributed by atoms with Crippen LogP contribution in [0.3, 0.4) is 0 Å². The van der Waals surface area contributed by atoms with Gasteiger partial charge in [-0.2, -0.15) is 0 Å². The van der Waals surface area contributed by atoms with Gasteiger partial charge in [-0.3, -0.25) is 4.79 Å². The summed E-state index contributed by atoms with van der Waals surface area (Å²) in [5, 5.41) is 3.65. The molecule has 0 saturated heterocycles. The van der Waals surface area contributed by atoms with E-state index in [0.29, 0.717) is 18.2 Å². The Bertz CT molecular complexity index is 805. The van der Waals surface area contributed by atoms with Gasteiger partial charge in [-0.15, -0.1) is 0 Å². The maximum atomic E-state index is 12.5. The molecule has 1 amide bonds. The van der Waals surface area contributed by atoms with Crippen molar-refractivity contribution in [3.8, 4) is 11.5 Å². The number of carbonyl (C=O) groups is 1. The van der Waals surface area contributed by atoms with E-state index < -0.39 is 0 Å². The molecule has 1 fully saturated rings. The van der Waals surface area contributed by atoms with Crippen molar-refractivity contribution in [2.45, 2.75) is 19.3 Å². The van der Waals surface area contributed by atoms with Gasteiger partial charge in [0.2, 0.25) is 5.91 Å². The van der Waals surface area contributed by atoms with E-state index in [9.17, 15) is 4.79 Å². The average Bonchev–Trinajstić information content (AvgIpc) is 3.39. The van der Waals surface area contributed by atoms with Crippen LogP contribution in [0.4, 0.5) is 5.69 Å². The summed E-state index contributed by atoms with van der Waals surface area (Å²) in [4.78, 5) is 12.5. The molecule has 0 unspecified atom stereocenters. The van der Waals surface area contributed by atoms with E-state index in [0.717, 1.165) is 34.7 Å². The van der Waals surface area contributed by atoms with Gasteiger partial charge in [0, 0.05) is 16.6 Å². The van der Waals surface area contributed by atoms with E-state index in [4.69, 9.17) is 21.1 Å². The molecule has 0 radical (unpaired) electrons. The van der Waals surface area contributed by atoms with Gasteiger partial charge in [0.05, 0.1) is 0 Å². The fourth-order valence-electron chi connectivity index (χ4n) is 3.11. The molecule has 1 aliphatic heterocycles.